The van der Waals surface area contributed by atoms with Crippen LogP contribution < -0.4 is 0 Å². The maximum Gasteiger partial charge on any atom is 0.0177 e. The smallest absolute Gasteiger partial charge is 0.0177 e. The minimum absolute atomic E-state index is 0.901. The molecule has 0 aliphatic carbocycles. The van der Waals surface area contributed by atoms with Gasteiger partial charge in [-0.2, -0.15) is 0 Å². The largest absolute Gasteiger partial charge is 0.375 e. The number of nitrogens with zero attached hydrogens (tertiary/aromatic N) is 1. The lowest BCUT2D eigenvalue weighted by Gasteiger charge is -2.33. The molecule has 0 aromatic heterocycles. The van der Waals surface area contributed by atoms with Crippen molar-refractivity contribution in [1.29, 1.82) is 0 Å². The van der Waals surface area contributed by atoms with E-state index in [-0.39, 0.29) is 0 Å². The van der Waals surface area contributed by atoms with Crippen LogP contribution in [0.2, 0.25) is 0 Å². The van der Waals surface area contributed by atoms with Gasteiger partial charge in [0, 0.05) is 25.2 Å². The summed E-state index contributed by atoms with van der Waals surface area (Å²) in [4.78, 5) is 2.39. The Kier molecular flexibility index (Phi) is 3.39. The number of allylic oxidation sites excluding steroid dienone is 1. The third kappa shape index (κ3) is 2.40. The maximum absolute atomic E-state index is 4.05. The van der Waals surface area contributed by atoms with Gasteiger partial charge in [-0.3, -0.25) is 0 Å². The van der Waals surface area contributed by atoms with E-state index in [2.05, 4.69) is 25.0 Å². The van der Waals surface area contributed by atoms with Gasteiger partial charge in [0.25, 0.3) is 0 Å². The predicted octanol–water partition coefficient (Wildman–Crippen LogP) is 2.81. The molecule has 68 valence electrons. The first kappa shape index (κ1) is 9.37. The third-order valence-electron chi connectivity index (χ3n) is 2.61. The molecule has 0 bridgehead atoms. The summed E-state index contributed by atoms with van der Waals surface area (Å²) in [6, 6.07) is 0. The molecule has 0 radical (unpaired) electrons. The van der Waals surface area contributed by atoms with E-state index in [0.717, 1.165) is 12.3 Å². The summed E-state index contributed by atoms with van der Waals surface area (Å²) in [5, 5.41) is 0. The van der Waals surface area contributed by atoms with Crippen molar-refractivity contribution in [2.75, 3.05) is 13.1 Å². The van der Waals surface area contributed by atoms with Gasteiger partial charge >= 0.3 is 0 Å². The molecule has 0 N–H and O–H groups in total. The van der Waals surface area contributed by atoms with Crippen LogP contribution in [-0.2, 0) is 0 Å². The Morgan fingerprint density at radius 3 is 2.58 bits per heavy atom. The molecule has 0 aromatic carbocycles. The zero-order valence-electron chi connectivity index (χ0n) is 8.05. The van der Waals surface area contributed by atoms with Crippen LogP contribution >= 0.6 is 0 Å². The lowest BCUT2D eigenvalue weighted by Crippen LogP contribution is -2.31. The third-order valence-corrected chi connectivity index (χ3v) is 2.61. The van der Waals surface area contributed by atoms with E-state index in [1.807, 2.05) is 6.08 Å². The Morgan fingerprint density at radius 2 is 2.08 bits per heavy atom. The highest BCUT2D eigenvalue weighted by atomic mass is 15.1. The van der Waals surface area contributed by atoms with Gasteiger partial charge in [-0.25, -0.2) is 0 Å². The average molecular weight is 165 g/mol. The summed E-state index contributed by atoms with van der Waals surface area (Å²) in [6.07, 6.45) is 5.50. The molecule has 1 saturated heterocycles. The van der Waals surface area contributed by atoms with Crippen molar-refractivity contribution in [3.8, 4) is 0 Å². The van der Waals surface area contributed by atoms with E-state index in [1.54, 1.807) is 0 Å². The maximum atomic E-state index is 4.05. The predicted molar refractivity (Wildman–Crippen MR) is 53.9 cm³/mol. The zero-order valence-corrected chi connectivity index (χ0v) is 8.05. The molecular formula is C11H19N. The van der Waals surface area contributed by atoms with Gasteiger partial charge in [-0.05, 0) is 18.8 Å². The van der Waals surface area contributed by atoms with Crippen LogP contribution in [0.5, 0.6) is 0 Å². The molecule has 1 rings (SSSR count). The lowest BCUT2D eigenvalue weighted by atomic mass is 9.99. The van der Waals surface area contributed by atoms with Gasteiger partial charge in [-0.1, -0.05) is 19.6 Å². The minimum atomic E-state index is 0.901. The van der Waals surface area contributed by atoms with Gasteiger partial charge in [0.2, 0.25) is 0 Å². The SMILES string of the molecule is C=CCC(=C)N1CCC(C)CC1. The van der Waals surface area contributed by atoms with Crippen molar-refractivity contribution in [3.63, 3.8) is 0 Å². The standard InChI is InChI=1S/C11H19N/c1-4-5-11(3)12-8-6-10(2)7-9-12/h4,10H,1,3,5-9H2,2H3. The normalized spacial score (nSPS) is 19.2. The van der Waals surface area contributed by atoms with E-state index in [1.165, 1.54) is 31.6 Å². The van der Waals surface area contributed by atoms with Gasteiger partial charge in [0.15, 0.2) is 0 Å². The van der Waals surface area contributed by atoms with Crippen molar-refractivity contribution < 1.29 is 0 Å². The molecule has 0 unspecified atom stereocenters. The Morgan fingerprint density at radius 1 is 1.50 bits per heavy atom. The van der Waals surface area contributed by atoms with Crippen LogP contribution in [-0.4, -0.2) is 18.0 Å². The van der Waals surface area contributed by atoms with Crippen molar-refractivity contribution >= 4 is 0 Å². The molecule has 1 aliphatic rings. The second kappa shape index (κ2) is 4.34. The second-order valence-corrected chi connectivity index (χ2v) is 3.73. The Hall–Kier alpha value is -0.720. The average Bonchev–Trinajstić information content (AvgIpc) is 2.06. The summed E-state index contributed by atoms with van der Waals surface area (Å²) in [7, 11) is 0. The van der Waals surface area contributed by atoms with E-state index in [9.17, 15) is 0 Å². The van der Waals surface area contributed by atoms with Gasteiger partial charge in [-0.15, -0.1) is 6.58 Å². The molecular weight excluding hydrogens is 146 g/mol. The summed E-state index contributed by atoms with van der Waals surface area (Å²) in [5.41, 5.74) is 1.23. The van der Waals surface area contributed by atoms with Crippen LogP contribution in [0.15, 0.2) is 24.9 Å². The molecule has 0 aromatic rings. The first-order chi connectivity index (χ1) is 5.74. The zero-order chi connectivity index (χ0) is 8.97. The first-order valence-electron chi connectivity index (χ1n) is 4.77. The van der Waals surface area contributed by atoms with Gasteiger partial charge in [0.05, 0.1) is 0 Å². The van der Waals surface area contributed by atoms with Gasteiger partial charge < -0.3 is 4.90 Å². The summed E-state index contributed by atoms with van der Waals surface area (Å²) < 4.78 is 0. The number of piperidine rings is 1. The number of hydrogen-bond donors (Lipinski definition) is 0. The topological polar surface area (TPSA) is 3.24 Å². The number of hydrogen-bond acceptors (Lipinski definition) is 1. The van der Waals surface area contributed by atoms with E-state index < -0.39 is 0 Å². The van der Waals surface area contributed by atoms with Crippen molar-refractivity contribution in [1.82, 2.24) is 4.90 Å². The Balaban J connectivity index is 2.33. The fraction of sp³-hybridized carbons (Fsp3) is 0.636. The molecule has 1 fully saturated rings. The quantitative estimate of drug-likeness (QED) is 0.581. The highest BCUT2D eigenvalue weighted by Gasteiger charge is 2.15. The Labute approximate surface area is 75.8 Å². The number of likely N-dealkylation sites (tertiary alicyclic amines) is 1. The second-order valence-electron chi connectivity index (χ2n) is 3.73. The monoisotopic (exact) mass is 165 g/mol. The van der Waals surface area contributed by atoms with E-state index in [4.69, 9.17) is 0 Å². The van der Waals surface area contributed by atoms with Gasteiger partial charge in [0.1, 0.15) is 0 Å². The number of rotatable bonds is 3. The lowest BCUT2D eigenvalue weighted by molar-refractivity contribution is 0.235. The van der Waals surface area contributed by atoms with Crippen LogP contribution in [0.25, 0.3) is 0 Å². The molecule has 0 spiro atoms. The first-order valence-corrected chi connectivity index (χ1v) is 4.77. The fourth-order valence-electron chi connectivity index (χ4n) is 1.62. The van der Waals surface area contributed by atoms with Crippen LogP contribution in [0.3, 0.4) is 0 Å². The molecule has 1 heteroatoms. The molecule has 0 amide bonds. The molecule has 1 aliphatic heterocycles. The summed E-state index contributed by atoms with van der Waals surface area (Å²) >= 11 is 0. The highest BCUT2D eigenvalue weighted by Crippen LogP contribution is 2.20. The molecule has 1 nitrogen and oxygen atoms in total. The molecule has 0 saturated carbocycles. The Bertz CT molecular complexity index is 164. The summed E-state index contributed by atoms with van der Waals surface area (Å²) in [5.74, 6) is 0.901. The van der Waals surface area contributed by atoms with Crippen LogP contribution in [0.4, 0.5) is 0 Å². The van der Waals surface area contributed by atoms with Crippen LogP contribution in [0, 0.1) is 5.92 Å². The molecule has 0 atom stereocenters. The fourth-order valence-corrected chi connectivity index (χ4v) is 1.62. The highest BCUT2D eigenvalue weighted by molar-refractivity contribution is 5.00. The van der Waals surface area contributed by atoms with Crippen LogP contribution in [0.1, 0.15) is 26.2 Å². The molecule has 1 heterocycles. The molecule has 12 heavy (non-hydrogen) atoms. The van der Waals surface area contributed by atoms with E-state index in [0.29, 0.717) is 0 Å². The van der Waals surface area contributed by atoms with Crippen molar-refractivity contribution in [2.24, 2.45) is 5.92 Å². The van der Waals surface area contributed by atoms with Crippen molar-refractivity contribution in [3.05, 3.63) is 24.9 Å². The van der Waals surface area contributed by atoms with E-state index >= 15 is 0 Å². The summed E-state index contributed by atoms with van der Waals surface area (Å²) in [6.45, 7) is 12.5. The van der Waals surface area contributed by atoms with Crippen molar-refractivity contribution in [2.45, 2.75) is 26.2 Å². The minimum Gasteiger partial charge on any atom is -0.375 e.